The lowest BCUT2D eigenvalue weighted by Gasteiger charge is -2.49. The maximum absolute atomic E-state index is 12.6. The summed E-state index contributed by atoms with van der Waals surface area (Å²) in [6.07, 6.45) is 4.05. The van der Waals surface area contributed by atoms with Gasteiger partial charge < -0.3 is 4.57 Å². The summed E-state index contributed by atoms with van der Waals surface area (Å²) >= 11 is 0. The van der Waals surface area contributed by atoms with E-state index in [1.165, 1.54) is 25.8 Å². The van der Waals surface area contributed by atoms with Gasteiger partial charge in [0.2, 0.25) is 0 Å². The number of nitrogens with zero attached hydrogens (tertiary/aromatic N) is 3. The standard InChI is InChI=1S/C20H27N3O/c1-15-7-5-6-10-23(15)18-13-22(14-18)12-17-11-16-8-3-4-9-19(16)21(2)20(17)24/h3-4,8-9,11,15,18H,5-7,10,12-14H2,1-2H3. The highest BCUT2D eigenvalue weighted by molar-refractivity contribution is 5.79. The van der Waals surface area contributed by atoms with Gasteiger partial charge in [-0.1, -0.05) is 24.6 Å². The fraction of sp³-hybridized carbons (Fsp3) is 0.550. The number of benzene rings is 1. The van der Waals surface area contributed by atoms with Crippen molar-refractivity contribution in [3.63, 3.8) is 0 Å². The first-order chi connectivity index (χ1) is 11.6. The third-order valence-corrected chi connectivity index (χ3v) is 5.86. The molecule has 1 atom stereocenters. The largest absolute Gasteiger partial charge is 0.311 e. The summed E-state index contributed by atoms with van der Waals surface area (Å²) in [6, 6.07) is 11.6. The topological polar surface area (TPSA) is 28.5 Å². The van der Waals surface area contributed by atoms with Crippen molar-refractivity contribution < 1.29 is 0 Å². The number of aromatic nitrogens is 1. The van der Waals surface area contributed by atoms with Crippen LogP contribution in [-0.2, 0) is 13.6 Å². The van der Waals surface area contributed by atoms with Gasteiger partial charge in [0, 0.05) is 44.3 Å². The number of hydrogen-bond acceptors (Lipinski definition) is 3. The summed E-state index contributed by atoms with van der Waals surface area (Å²) < 4.78 is 1.79. The molecule has 4 nitrogen and oxygen atoms in total. The monoisotopic (exact) mass is 325 g/mol. The van der Waals surface area contributed by atoms with E-state index >= 15 is 0 Å². The van der Waals surface area contributed by atoms with Crippen LogP contribution in [0.25, 0.3) is 10.9 Å². The van der Waals surface area contributed by atoms with Crippen molar-refractivity contribution in [1.82, 2.24) is 14.4 Å². The van der Waals surface area contributed by atoms with Crippen LogP contribution in [0.15, 0.2) is 35.1 Å². The summed E-state index contributed by atoms with van der Waals surface area (Å²) in [5, 5.41) is 1.15. The van der Waals surface area contributed by atoms with Crippen molar-refractivity contribution in [3.05, 3.63) is 46.2 Å². The van der Waals surface area contributed by atoms with Crippen LogP contribution in [0.4, 0.5) is 0 Å². The van der Waals surface area contributed by atoms with Gasteiger partial charge in [0.1, 0.15) is 0 Å². The number of aryl methyl sites for hydroxylation is 1. The molecule has 4 heteroatoms. The van der Waals surface area contributed by atoms with E-state index in [0.717, 1.165) is 42.1 Å². The Kier molecular flexibility index (Phi) is 4.19. The van der Waals surface area contributed by atoms with E-state index in [0.29, 0.717) is 6.04 Å². The van der Waals surface area contributed by atoms with Crippen LogP contribution in [0.2, 0.25) is 0 Å². The lowest BCUT2D eigenvalue weighted by atomic mass is 9.97. The summed E-state index contributed by atoms with van der Waals surface area (Å²) in [5.74, 6) is 0. The molecule has 2 aliphatic heterocycles. The summed E-state index contributed by atoms with van der Waals surface area (Å²) in [4.78, 5) is 17.7. The number of hydrogen-bond donors (Lipinski definition) is 0. The molecule has 1 unspecified atom stereocenters. The molecule has 0 N–H and O–H groups in total. The van der Waals surface area contributed by atoms with E-state index in [1.807, 2.05) is 25.2 Å². The van der Waals surface area contributed by atoms with Gasteiger partial charge in [-0.2, -0.15) is 0 Å². The summed E-state index contributed by atoms with van der Waals surface area (Å²) in [6.45, 7) is 6.58. The Hall–Kier alpha value is -1.65. The van der Waals surface area contributed by atoms with Crippen molar-refractivity contribution in [2.75, 3.05) is 19.6 Å². The van der Waals surface area contributed by atoms with Crippen LogP contribution >= 0.6 is 0 Å². The van der Waals surface area contributed by atoms with Crippen LogP contribution in [0, 0.1) is 0 Å². The molecule has 4 rings (SSSR count). The number of piperidine rings is 1. The minimum absolute atomic E-state index is 0.142. The molecule has 0 amide bonds. The predicted molar refractivity (Wildman–Crippen MR) is 98.3 cm³/mol. The molecule has 2 aromatic rings. The summed E-state index contributed by atoms with van der Waals surface area (Å²) in [7, 11) is 1.88. The molecule has 2 aliphatic rings. The van der Waals surface area contributed by atoms with E-state index in [-0.39, 0.29) is 5.56 Å². The Morgan fingerprint density at radius 3 is 2.75 bits per heavy atom. The number of rotatable bonds is 3. The van der Waals surface area contributed by atoms with Gasteiger partial charge >= 0.3 is 0 Å². The van der Waals surface area contributed by atoms with E-state index in [2.05, 4.69) is 28.9 Å². The van der Waals surface area contributed by atoms with Gasteiger partial charge in [0.15, 0.2) is 0 Å². The number of para-hydroxylation sites is 1. The number of fused-ring (bicyclic) bond motifs is 1. The smallest absolute Gasteiger partial charge is 0.255 e. The van der Waals surface area contributed by atoms with Crippen LogP contribution in [0.3, 0.4) is 0 Å². The molecule has 0 radical (unpaired) electrons. The van der Waals surface area contributed by atoms with Gasteiger partial charge in [-0.3, -0.25) is 14.6 Å². The Balaban J connectivity index is 1.46. The van der Waals surface area contributed by atoms with Crippen molar-refractivity contribution in [2.24, 2.45) is 7.05 Å². The Labute approximate surface area is 143 Å². The quantitative estimate of drug-likeness (QED) is 0.868. The molecule has 0 bridgehead atoms. The van der Waals surface area contributed by atoms with Gasteiger partial charge in [-0.05, 0) is 43.8 Å². The van der Waals surface area contributed by atoms with E-state index < -0.39 is 0 Å². The SMILES string of the molecule is CC1CCCCN1C1CN(Cc2cc3ccccc3n(C)c2=O)C1. The number of likely N-dealkylation sites (tertiary alicyclic amines) is 2. The molecular weight excluding hydrogens is 298 g/mol. The first-order valence-electron chi connectivity index (χ1n) is 9.19. The molecule has 128 valence electrons. The third-order valence-electron chi connectivity index (χ3n) is 5.86. The fourth-order valence-corrected chi connectivity index (χ4v) is 4.39. The third kappa shape index (κ3) is 2.78. The molecule has 1 aromatic carbocycles. The Bertz CT molecular complexity index is 791. The summed E-state index contributed by atoms with van der Waals surface area (Å²) in [5.41, 5.74) is 2.07. The van der Waals surface area contributed by atoms with Crippen LogP contribution in [-0.4, -0.2) is 46.1 Å². The minimum atomic E-state index is 0.142. The average Bonchev–Trinajstić information content (AvgIpc) is 2.56. The molecule has 3 heterocycles. The maximum Gasteiger partial charge on any atom is 0.255 e. The van der Waals surface area contributed by atoms with Crippen LogP contribution in [0.5, 0.6) is 0 Å². The molecule has 0 aliphatic carbocycles. The Morgan fingerprint density at radius 1 is 1.17 bits per heavy atom. The average molecular weight is 325 g/mol. The second kappa shape index (κ2) is 6.34. The molecule has 2 saturated heterocycles. The molecule has 2 fully saturated rings. The van der Waals surface area contributed by atoms with Gasteiger partial charge in [0.25, 0.3) is 5.56 Å². The molecule has 0 spiro atoms. The first-order valence-corrected chi connectivity index (χ1v) is 9.19. The van der Waals surface area contributed by atoms with Crippen molar-refractivity contribution in [3.8, 4) is 0 Å². The zero-order chi connectivity index (χ0) is 16.7. The second-order valence-electron chi connectivity index (χ2n) is 7.52. The van der Waals surface area contributed by atoms with Crippen molar-refractivity contribution in [1.29, 1.82) is 0 Å². The lowest BCUT2D eigenvalue weighted by Crippen LogP contribution is -2.61. The highest BCUT2D eigenvalue weighted by Gasteiger charge is 2.35. The highest BCUT2D eigenvalue weighted by Crippen LogP contribution is 2.25. The van der Waals surface area contributed by atoms with Gasteiger partial charge in [-0.25, -0.2) is 0 Å². The highest BCUT2D eigenvalue weighted by atomic mass is 16.1. The fourth-order valence-electron chi connectivity index (χ4n) is 4.39. The van der Waals surface area contributed by atoms with E-state index in [9.17, 15) is 4.79 Å². The van der Waals surface area contributed by atoms with Crippen molar-refractivity contribution in [2.45, 2.75) is 44.8 Å². The minimum Gasteiger partial charge on any atom is -0.311 e. The number of pyridine rings is 1. The van der Waals surface area contributed by atoms with Crippen LogP contribution < -0.4 is 5.56 Å². The second-order valence-corrected chi connectivity index (χ2v) is 7.52. The Morgan fingerprint density at radius 2 is 1.96 bits per heavy atom. The molecule has 24 heavy (non-hydrogen) atoms. The van der Waals surface area contributed by atoms with Crippen LogP contribution in [0.1, 0.15) is 31.7 Å². The van der Waals surface area contributed by atoms with E-state index in [1.54, 1.807) is 4.57 Å². The first kappa shape index (κ1) is 15.9. The normalized spacial score (nSPS) is 23.5. The molecule has 0 saturated carbocycles. The maximum atomic E-state index is 12.6. The molecular formula is C20H27N3O. The van der Waals surface area contributed by atoms with E-state index in [4.69, 9.17) is 0 Å². The molecule has 1 aromatic heterocycles. The predicted octanol–water partition coefficient (Wildman–Crippen LogP) is 2.60. The lowest BCUT2D eigenvalue weighted by molar-refractivity contribution is -0.00639. The van der Waals surface area contributed by atoms with Gasteiger partial charge in [-0.15, -0.1) is 0 Å². The zero-order valence-electron chi connectivity index (χ0n) is 14.7. The zero-order valence-corrected chi connectivity index (χ0v) is 14.7. The van der Waals surface area contributed by atoms with Crippen molar-refractivity contribution >= 4 is 10.9 Å². The van der Waals surface area contributed by atoms with Gasteiger partial charge in [0.05, 0.1) is 5.52 Å².